The molecule has 0 saturated heterocycles. The van der Waals surface area contributed by atoms with Gasteiger partial charge in [-0.2, -0.15) is 0 Å². The summed E-state index contributed by atoms with van der Waals surface area (Å²) >= 11 is 0. The Bertz CT molecular complexity index is 397. The van der Waals surface area contributed by atoms with E-state index in [1.807, 2.05) is 12.5 Å². The second-order valence-electron chi connectivity index (χ2n) is 4.91. The van der Waals surface area contributed by atoms with Crippen LogP contribution in [0.1, 0.15) is 38.3 Å². The van der Waals surface area contributed by atoms with Crippen molar-refractivity contribution < 1.29 is 9.90 Å². The fourth-order valence-electron chi connectivity index (χ4n) is 2.73. The summed E-state index contributed by atoms with van der Waals surface area (Å²) in [4.78, 5) is 17.2. The molecule has 0 aliphatic heterocycles. The Hall–Kier alpha value is -1.36. The molecule has 5 nitrogen and oxygen atoms in total. The lowest BCUT2D eigenvalue weighted by Crippen LogP contribution is -2.37. The van der Waals surface area contributed by atoms with Gasteiger partial charge in [-0.3, -0.25) is 9.69 Å². The van der Waals surface area contributed by atoms with Crippen LogP contribution in [-0.2, 0) is 17.9 Å². The Balaban J connectivity index is 2.06. The van der Waals surface area contributed by atoms with Crippen LogP contribution in [0.4, 0.5) is 0 Å². The molecule has 0 spiro atoms. The number of aliphatic carboxylic acids is 1. The van der Waals surface area contributed by atoms with Crippen LogP contribution in [0, 0.1) is 0 Å². The molecule has 1 fully saturated rings. The van der Waals surface area contributed by atoms with Gasteiger partial charge in [0.15, 0.2) is 0 Å². The maximum absolute atomic E-state index is 11.0. The fraction of sp³-hybridized carbons (Fsp3) is 0.692. The zero-order valence-corrected chi connectivity index (χ0v) is 10.9. The number of hydrogen-bond acceptors (Lipinski definition) is 3. The minimum absolute atomic E-state index is 0.125. The third-order valence-corrected chi connectivity index (χ3v) is 3.68. The van der Waals surface area contributed by atoms with Crippen molar-refractivity contribution in [1.29, 1.82) is 0 Å². The number of carboxylic acid groups (broad SMARTS) is 1. The molecular weight excluding hydrogens is 230 g/mol. The lowest BCUT2D eigenvalue weighted by atomic mass is 10.2. The summed E-state index contributed by atoms with van der Waals surface area (Å²) in [6, 6.07) is 0.418. The van der Waals surface area contributed by atoms with Gasteiger partial charge in [-0.05, 0) is 19.8 Å². The Morgan fingerprint density at radius 3 is 2.89 bits per heavy atom. The first kappa shape index (κ1) is 13.1. The summed E-state index contributed by atoms with van der Waals surface area (Å²) in [7, 11) is 0. The molecule has 1 N–H and O–H groups in total. The molecule has 1 aliphatic carbocycles. The molecule has 18 heavy (non-hydrogen) atoms. The van der Waals surface area contributed by atoms with Crippen molar-refractivity contribution in [2.24, 2.45) is 0 Å². The summed E-state index contributed by atoms with van der Waals surface area (Å²) in [5.74, 6) is -0.746. The largest absolute Gasteiger partial charge is 0.480 e. The lowest BCUT2D eigenvalue weighted by molar-refractivity contribution is -0.139. The monoisotopic (exact) mass is 251 g/mol. The minimum Gasteiger partial charge on any atom is -0.480 e. The molecule has 1 saturated carbocycles. The average Bonchev–Trinajstić information content (AvgIpc) is 2.98. The molecule has 0 aromatic carbocycles. The van der Waals surface area contributed by atoms with Crippen LogP contribution < -0.4 is 0 Å². The minimum atomic E-state index is -0.746. The highest BCUT2D eigenvalue weighted by molar-refractivity contribution is 5.69. The number of hydrogen-bond donors (Lipinski definition) is 1. The summed E-state index contributed by atoms with van der Waals surface area (Å²) in [6.45, 7) is 3.76. The van der Waals surface area contributed by atoms with E-state index in [0.717, 1.165) is 25.1 Å². The normalized spacial score (nSPS) is 16.6. The Morgan fingerprint density at radius 2 is 2.28 bits per heavy atom. The van der Waals surface area contributed by atoms with Gasteiger partial charge >= 0.3 is 5.97 Å². The molecule has 2 rings (SSSR count). The molecule has 1 aromatic heterocycles. The van der Waals surface area contributed by atoms with Crippen molar-refractivity contribution >= 4 is 5.97 Å². The van der Waals surface area contributed by atoms with Crippen LogP contribution in [0.5, 0.6) is 0 Å². The highest BCUT2D eigenvalue weighted by atomic mass is 16.4. The number of rotatable bonds is 6. The van der Waals surface area contributed by atoms with Crippen LogP contribution in [-0.4, -0.2) is 38.1 Å². The van der Waals surface area contributed by atoms with Crippen molar-refractivity contribution in [3.63, 3.8) is 0 Å². The first-order chi connectivity index (χ1) is 8.70. The van der Waals surface area contributed by atoms with Gasteiger partial charge in [-0.1, -0.05) is 12.8 Å². The van der Waals surface area contributed by atoms with Crippen LogP contribution in [0.2, 0.25) is 0 Å². The van der Waals surface area contributed by atoms with E-state index in [-0.39, 0.29) is 6.54 Å². The van der Waals surface area contributed by atoms with E-state index in [0.29, 0.717) is 12.6 Å². The third kappa shape index (κ3) is 3.10. The molecular formula is C13H21N3O2. The molecule has 0 bridgehead atoms. The average molecular weight is 251 g/mol. The van der Waals surface area contributed by atoms with Gasteiger partial charge in [0.05, 0.1) is 18.6 Å². The molecule has 0 atom stereocenters. The second kappa shape index (κ2) is 6.00. The maximum atomic E-state index is 11.0. The van der Waals surface area contributed by atoms with Crippen molar-refractivity contribution in [3.8, 4) is 0 Å². The Kier molecular flexibility index (Phi) is 4.36. The molecule has 0 radical (unpaired) electrons. The number of aromatic nitrogens is 2. The van der Waals surface area contributed by atoms with Crippen LogP contribution in [0.25, 0.3) is 0 Å². The summed E-state index contributed by atoms with van der Waals surface area (Å²) in [5.41, 5.74) is 1.10. The number of nitrogens with zero attached hydrogens (tertiary/aromatic N) is 3. The Labute approximate surface area is 107 Å². The van der Waals surface area contributed by atoms with Crippen LogP contribution >= 0.6 is 0 Å². The van der Waals surface area contributed by atoms with Gasteiger partial charge in [0.1, 0.15) is 0 Å². The van der Waals surface area contributed by atoms with Gasteiger partial charge < -0.3 is 9.67 Å². The quantitative estimate of drug-likeness (QED) is 0.836. The van der Waals surface area contributed by atoms with E-state index >= 15 is 0 Å². The Morgan fingerprint density at radius 1 is 1.56 bits per heavy atom. The van der Waals surface area contributed by atoms with Crippen LogP contribution in [0.3, 0.4) is 0 Å². The first-order valence-electron chi connectivity index (χ1n) is 6.65. The van der Waals surface area contributed by atoms with Gasteiger partial charge in [0.25, 0.3) is 0 Å². The zero-order chi connectivity index (χ0) is 13.0. The topological polar surface area (TPSA) is 58.4 Å². The highest BCUT2D eigenvalue weighted by Crippen LogP contribution is 2.24. The van der Waals surface area contributed by atoms with Crippen molar-refractivity contribution in [1.82, 2.24) is 14.5 Å². The first-order valence-corrected chi connectivity index (χ1v) is 6.65. The van der Waals surface area contributed by atoms with Gasteiger partial charge in [-0.15, -0.1) is 0 Å². The van der Waals surface area contributed by atoms with Crippen molar-refractivity contribution in [3.05, 3.63) is 18.2 Å². The number of aryl methyl sites for hydroxylation is 1. The van der Waals surface area contributed by atoms with Gasteiger partial charge in [0, 0.05) is 25.3 Å². The number of imidazole rings is 1. The van der Waals surface area contributed by atoms with Crippen molar-refractivity contribution in [2.75, 3.05) is 6.54 Å². The predicted octanol–water partition coefficient (Wildman–Crippen LogP) is 1.73. The van der Waals surface area contributed by atoms with Gasteiger partial charge in [-0.25, -0.2) is 4.98 Å². The van der Waals surface area contributed by atoms with E-state index < -0.39 is 5.97 Å². The molecule has 0 amide bonds. The SMILES string of the molecule is CCn1cncc1CN(CC(=O)O)C1CCCC1. The molecule has 5 heteroatoms. The molecule has 1 heterocycles. The summed E-state index contributed by atoms with van der Waals surface area (Å²) in [6.07, 6.45) is 8.32. The standard InChI is InChI=1S/C13H21N3O2/c1-2-15-10-14-7-12(15)8-16(9-13(17)18)11-5-3-4-6-11/h7,10-11H,2-6,8-9H2,1H3,(H,17,18). The summed E-state index contributed by atoms with van der Waals surface area (Å²) < 4.78 is 2.07. The molecule has 100 valence electrons. The molecule has 0 unspecified atom stereocenters. The fourth-order valence-corrected chi connectivity index (χ4v) is 2.73. The second-order valence-corrected chi connectivity index (χ2v) is 4.91. The van der Waals surface area contributed by atoms with Crippen molar-refractivity contribution in [2.45, 2.75) is 51.7 Å². The zero-order valence-electron chi connectivity index (χ0n) is 10.9. The number of carboxylic acids is 1. The predicted molar refractivity (Wildman–Crippen MR) is 68.2 cm³/mol. The third-order valence-electron chi connectivity index (χ3n) is 3.68. The lowest BCUT2D eigenvalue weighted by Gasteiger charge is -2.27. The smallest absolute Gasteiger partial charge is 0.317 e. The molecule has 1 aliphatic rings. The van der Waals surface area contributed by atoms with E-state index in [1.54, 1.807) is 0 Å². The summed E-state index contributed by atoms with van der Waals surface area (Å²) in [5, 5.41) is 9.04. The van der Waals surface area contributed by atoms with E-state index in [4.69, 9.17) is 5.11 Å². The van der Waals surface area contributed by atoms with E-state index in [2.05, 4.69) is 21.4 Å². The highest BCUT2D eigenvalue weighted by Gasteiger charge is 2.25. The van der Waals surface area contributed by atoms with E-state index in [9.17, 15) is 4.79 Å². The van der Waals surface area contributed by atoms with Crippen LogP contribution in [0.15, 0.2) is 12.5 Å². The number of carbonyl (C=O) groups is 1. The van der Waals surface area contributed by atoms with E-state index in [1.165, 1.54) is 12.8 Å². The maximum Gasteiger partial charge on any atom is 0.317 e. The van der Waals surface area contributed by atoms with Gasteiger partial charge in [0.2, 0.25) is 0 Å². The molecule has 1 aromatic rings.